The summed E-state index contributed by atoms with van der Waals surface area (Å²) in [5.74, 6) is 2.69. The van der Waals surface area contributed by atoms with E-state index in [1.54, 1.807) is 11.1 Å². The van der Waals surface area contributed by atoms with Crippen molar-refractivity contribution in [3.63, 3.8) is 0 Å². The minimum atomic E-state index is 0.778. The van der Waals surface area contributed by atoms with E-state index in [-0.39, 0.29) is 0 Å². The Balaban J connectivity index is 1.18. The van der Waals surface area contributed by atoms with E-state index in [0.717, 1.165) is 17.8 Å². The summed E-state index contributed by atoms with van der Waals surface area (Å²) in [6, 6.07) is 19.0. The molecule has 0 spiro atoms. The Bertz CT molecular complexity index is 939. The summed E-state index contributed by atoms with van der Waals surface area (Å²) < 4.78 is 0. The normalized spacial score (nSPS) is 21.6. The van der Waals surface area contributed by atoms with E-state index in [2.05, 4.69) is 68.5 Å². The first-order valence-electron chi connectivity index (χ1n) is 17.2. The monoisotopic (exact) mass is 526 g/mol. The Morgan fingerprint density at radius 2 is 1.03 bits per heavy atom. The molecule has 0 aromatic heterocycles. The molecular formula is C39H58. The van der Waals surface area contributed by atoms with Gasteiger partial charge in [-0.05, 0) is 90.5 Å². The van der Waals surface area contributed by atoms with Crippen molar-refractivity contribution in [2.45, 2.75) is 148 Å². The summed E-state index contributed by atoms with van der Waals surface area (Å²) >= 11 is 0. The molecule has 0 saturated heterocycles. The first kappa shape index (κ1) is 30.1. The number of unbranched alkanes of at least 4 members (excludes halogenated alkanes) is 9. The van der Waals surface area contributed by atoms with E-state index >= 15 is 0 Å². The summed E-state index contributed by atoms with van der Waals surface area (Å²) in [5.41, 5.74) is 7.30. The standard InChI is InChI=1S/C39H58/c1-3-5-7-9-10-11-13-15-33-18-22-35(23-19-33)37-26-30-39(31-27-37)38-28-24-36(25-29-38)34-20-16-32(17-21-34)14-12-8-6-4-2/h20,24-33,35H,3-19,21-23H2,1-2H3/t32?,33-,35-. The van der Waals surface area contributed by atoms with Crippen molar-refractivity contribution in [3.8, 4) is 11.1 Å². The van der Waals surface area contributed by atoms with E-state index in [4.69, 9.17) is 0 Å². The summed E-state index contributed by atoms with van der Waals surface area (Å²) in [4.78, 5) is 0. The van der Waals surface area contributed by atoms with Gasteiger partial charge in [0.15, 0.2) is 0 Å². The summed E-state index contributed by atoms with van der Waals surface area (Å²) in [6.45, 7) is 4.61. The van der Waals surface area contributed by atoms with E-state index in [0.29, 0.717) is 0 Å². The SMILES string of the molecule is CCCCCCCCC[C@H]1CC[C@H](c2ccc(-c3ccc(C4=CCC(CCCCCC)CC4)cc3)cc2)CC1. The van der Waals surface area contributed by atoms with Gasteiger partial charge < -0.3 is 0 Å². The van der Waals surface area contributed by atoms with Crippen molar-refractivity contribution in [3.05, 3.63) is 65.7 Å². The molecule has 1 fully saturated rings. The molecule has 1 saturated carbocycles. The fourth-order valence-electron chi connectivity index (χ4n) is 7.27. The molecule has 0 heteroatoms. The van der Waals surface area contributed by atoms with Crippen LogP contribution in [0.25, 0.3) is 16.7 Å². The summed E-state index contributed by atoms with van der Waals surface area (Å²) in [7, 11) is 0. The third kappa shape index (κ3) is 9.95. The van der Waals surface area contributed by atoms with Gasteiger partial charge in [-0.3, -0.25) is 0 Å². The van der Waals surface area contributed by atoms with Gasteiger partial charge in [-0.2, -0.15) is 0 Å². The maximum absolute atomic E-state index is 2.54. The molecule has 0 bridgehead atoms. The highest BCUT2D eigenvalue weighted by atomic mass is 14.3. The minimum Gasteiger partial charge on any atom is -0.0804 e. The van der Waals surface area contributed by atoms with Gasteiger partial charge >= 0.3 is 0 Å². The number of allylic oxidation sites excluding steroid dienone is 2. The Hall–Kier alpha value is -1.82. The van der Waals surface area contributed by atoms with Crippen molar-refractivity contribution in [2.24, 2.45) is 11.8 Å². The first-order chi connectivity index (χ1) is 19.3. The van der Waals surface area contributed by atoms with Crippen LogP contribution in [0.1, 0.15) is 159 Å². The molecule has 2 aromatic rings. The van der Waals surface area contributed by atoms with Crippen molar-refractivity contribution in [1.82, 2.24) is 0 Å². The Morgan fingerprint density at radius 1 is 0.513 bits per heavy atom. The highest BCUT2D eigenvalue weighted by Gasteiger charge is 2.22. The second kappa shape index (κ2) is 17.1. The van der Waals surface area contributed by atoms with Crippen LogP contribution in [-0.4, -0.2) is 0 Å². The zero-order chi connectivity index (χ0) is 27.1. The summed E-state index contributed by atoms with van der Waals surface area (Å²) in [6.07, 6.45) is 30.7. The van der Waals surface area contributed by atoms with Crippen LogP contribution in [0.2, 0.25) is 0 Å². The highest BCUT2D eigenvalue weighted by molar-refractivity contribution is 5.71. The number of rotatable bonds is 16. The number of hydrogen-bond acceptors (Lipinski definition) is 0. The van der Waals surface area contributed by atoms with Gasteiger partial charge in [0, 0.05) is 0 Å². The molecule has 0 radical (unpaired) electrons. The van der Waals surface area contributed by atoms with Crippen LogP contribution in [-0.2, 0) is 0 Å². The second-order valence-corrected chi connectivity index (χ2v) is 13.0. The largest absolute Gasteiger partial charge is 0.0804 e. The predicted molar refractivity (Wildman–Crippen MR) is 173 cm³/mol. The molecular weight excluding hydrogens is 468 g/mol. The maximum Gasteiger partial charge on any atom is -0.0162 e. The molecule has 214 valence electrons. The molecule has 2 aromatic carbocycles. The van der Waals surface area contributed by atoms with Crippen LogP contribution in [0, 0.1) is 11.8 Å². The predicted octanol–water partition coefficient (Wildman–Crippen LogP) is 12.9. The van der Waals surface area contributed by atoms with Gasteiger partial charge in [-0.1, -0.05) is 152 Å². The van der Waals surface area contributed by atoms with Crippen molar-refractivity contribution in [1.29, 1.82) is 0 Å². The third-order valence-corrected chi connectivity index (χ3v) is 10.0. The maximum atomic E-state index is 2.54. The minimum absolute atomic E-state index is 0.778. The number of hydrogen-bond donors (Lipinski definition) is 0. The molecule has 4 rings (SSSR count). The lowest BCUT2D eigenvalue weighted by Gasteiger charge is -2.29. The van der Waals surface area contributed by atoms with Crippen LogP contribution in [0.3, 0.4) is 0 Å². The van der Waals surface area contributed by atoms with Gasteiger partial charge in [0.25, 0.3) is 0 Å². The molecule has 0 nitrogen and oxygen atoms in total. The van der Waals surface area contributed by atoms with Gasteiger partial charge in [0.05, 0.1) is 0 Å². The van der Waals surface area contributed by atoms with Crippen LogP contribution >= 0.6 is 0 Å². The molecule has 2 aliphatic rings. The molecule has 2 aliphatic carbocycles. The van der Waals surface area contributed by atoms with Crippen molar-refractivity contribution >= 4 is 5.57 Å². The fourth-order valence-corrected chi connectivity index (χ4v) is 7.27. The molecule has 1 atom stereocenters. The van der Waals surface area contributed by atoms with Gasteiger partial charge in [-0.25, -0.2) is 0 Å². The molecule has 0 heterocycles. The fraction of sp³-hybridized carbons (Fsp3) is 0.641. The zero-order valence-electron chi connectivity index (χ0n) is 25.6. The van der Waals surface area contributed by atoms with Crippen LogP contribution in [0.15, 0.2) is 54.6 Å². The Labute approximate surface area is 242 Å². The lowest BCUT2D eigenvalue weighted by molar-refractivity contribution is 0.302. The average molecular weight is 527 g/mol. The lowest BCUT2D eigenvalue weighted by Crippen LogP contribution is -2.13. The topological polar surface area (TPSA) is 0 Å². The van der Waals surface area contributed by atoms with E-state index in [1.165, 1.54) is 145 Å². The quantitative estimate of drug-likeness (QED) is 0.191. The Kier molecular flexibility index (Phi) is 13.2. The molecule has 0 aliphatic heterocycles. The zero-order valence-corrected chi connectivity index (χ0v) is 25.6. The van der Waals surface area contributed by atoms with Crippen LogP contribution in [0.5, 0.6) is 0 Å². The first-order valence-corrected chi connectivity index (χ1v) is 17.2. The van der Waals surface area contributed by atoms with Gasteiger partial charge in [0.2, 0.25) is 0 Å². The lowest BCUT2D eigenvalue weighted by atomic mass is 9.77. The molecule has 39 heavy (non-hydrogen) atoms. The third-order valence-electron chi connectivity index (χ3n) is 10.0. The van der Waals surface area contributed by atoms with E-state index in [9.17, 15) is 0 Å². The molecule has 1 unspecified atom stereocenters. The smallest absolute Gasteiger partial charge is 0.0162 e. The van der Waals surface area contributed by atoms with Crippen LogP contribution < -0.4 is 0 Å². The van der Waals surface area contributed by atoms with Crippen molar-refractivity contribution < 1.29 is 0 Å². The second-order valence-electron chi connectivity index (χ2n) is 13.0. The molecule has 0 amide bonds. The van der Waals surface area contributed by atoms with E-state index in [1.807, 2.05) is 0 Å². The highest BCUT2D eigenvalue weighted by Crippen LogP contribution is 2.39. The molecule has 0 N–H and O–H groups in total. The van der Waals surface area contributed by atoms with Gasteiger partial charge in [-0.15, -0.1) is 0 Å². The van der Waals surface area contributed by atoms with Crippen LogP contribution in [0.4, 0.5) is 0 Å². The summed E-state index contributed by atoms with van der Waals surface area (Å²) in [5, 5.41) is 0. The average Bonchev–Trinajstić information content (AvgIpc) is 3.00. The Morgan fingerprint density at radius 3 is 1.62 bits per heavy atom. The van der Waals surface area contributed by atoms with E-state index < -0.39 is 0 Å². The van der Waals surface area contributed by atoms with Crippen molar-refractivity contribution in [2.75, 3.05) is 0 Å². The number of benzene rings is 2. The van der Waals surface area contributed by atoms with Gasteiger partial charge in [0.1, 0.15) is 0 Å².